The van der Waals surface area contributed by atoms with Gasteiger partial charge in [-0.05, 0) is 31.5 Å². The molecule has 6 nitrogen and oxygen atoms in total. The minimum absolute atomic E-state index is 0.0291. The Labute approximate surface area is 131 Å². The van der Waals surface area contributed by atoms with Gasteiger partial charge in [0.05, 0.1) is 11.3 Å². The Morgan fingerprint density at radius 3 is 2.18 bits per heavy atom. The third kappa shape index (κ3) is 5.85. The Morgan fingerprint density at radius 2 is 1.73 bits per heavy atom. The molecule has 0 saturated heterocycles. The van der Waals surface area contributed by atoms with Crippen molar-refractivity contribution in [2.24, 2.45) is 0 Å². The third-order valence-electron chi connectivity index (χ3n) is 3.11. The van der Waals surface area contributed by atoms with Gasteiger partial charge in [0.25, 0.3) is 5.91 Å². The van der Waals surface area contributed by atoms with E-state index < -0.39 is 15.8 Å². The van der Waals surface area contributed by atoms with Crippen LogP contribution in [-0.2, 0) is 25.1 Å². The van der Waals surface area contributed by atoms with Crippen molar-refractivity contribution in [2.75, 3.05) is 19.9 Å². The number of likely N-dealkylation sites (N-methyl/N-ethyl adjacent to an activating group) is 1. The summed E-state index contributed by atoms with van der Waals surface area (Å²) in [7, 11) is -1.48. The van der Waals surface area contributed by atoms with Gasteiger partial charge in [-0.15, -0.1) is 0 Å². The fourth-order valence-electron chi connectivity index (χ4n) is 1.64. The van der Waals surface area contributed by atoms with Crippen molar-refractivity contribution < 1.29 is 22.7 Å². The van der Waals surface area contributed by atoms with Crippen molar-refractivity contribution in [2.45, 2.75) is 25.6 Å². The first-order valence-electron chi connectivity index (χ1n) is 6.79. The number of rotatable bonds is 6. The Hall–Kier alpha value is -1.89. The molecule has 1 amide bonds. The van der Waals surface area contributed by atoms with E-state index in [9.17, 15) is 18.0 Å². The zero-order valence-corrected chi connectivity index (χ0v) is 14.0. The van der Waals surface area contributed by atoms with Crippen LogP contribution in [0, 0.1) is 0 Å². The molecule has 0 fully saturated rings. The average Bonchev–Trinajstić information content (AvgIpc) is 2.42. The van der Waals surface area contributed by atoms with Gasteiger partial charge in [-0.3, -0.25) is 4.79 Å². The van der Waals surface area contributed by atoms with Crippen LogP contribution < -0.4 is 0 Å². The molecule has 0 radical (unpaired) electrons. The third-order valence-corrected chi connectivity index (χ3v) is 3.97. The van der Waals surface area contributed by atoms with E-state index in [4.69, 9.17) is 4.74 Å². The summed E-state index contributed by atoms with van der Waals surface area (Å²) >= 11 is 0. The topological polar surface area (TPSA) is 80.8 Å². The molecule has 0 aliphatic heterocycles. The van der Waals surface area contributed by atoms with Gasteiger partial charge in [0, 0.05) is 19.3 Å². The summed E-state index contributed by atoms with van der Waals surface area (Å²) in [4.78, 5) is 25.0. The number of hydrogen-bond acceptors (Lipinski definition) is 5. The van der Waals surface area contributed by atoms with E-state index in [1.54, 1.807) is 19.2 Å². The Morgan fingerprint density at radius 1 is 1.18 bits per heavy atom. The average molecular weight is 327 g/mol. The van der Waals surface area contributed by atoms with E-state index in [1.807, 2.05) is 13.8 Å². The molecule has 0 aliphatic carbocycles. The molecule has 1 aromatic carbocycles. The lowest BCUT2D eigenvalue weighted by atomic mass is 10.1. The second kappa shape index (κ2) is 7.40. The largest absolute Gasteiger partial charge is 0.452 e. The highest BCUT2D eigenvalue weighted by Crippen LogP contribution is 2.09. The predicted octanol–water partition coefficient (Wildman–Crippen LogP) is 1.25. The van der Waals surface area contributed by atoms with Crippen molar-refractivity contribution in [3.63, 3.8) is 0 Å². The highest BCUT2D eigenvalue weighted by Gasteiger charge is 2.15. The van der Waals surface area contributed by atoms with Crippen molar-refractivity contribution >= 4 is 21.7 Å². The second-order valence-electron chi connectivity index (χ2n) is 5.44. The van der Waals surface area contributed by atoms with Gasteiger partial charge in [-0.1, -0.05) is 12.1 Å². The molecular formula is C15H21NO5S. The van der Waals surface area contributed by atoms with Crippen molar-refractivity contribution in [3.05, 3.63) is 35.4 Å². The summed E-state index contributed by atoms with van der Waals surface area (Å²) in [6.07, 6.45) is 1.14. The van der Waals surface area contributed by atoms with Gasteiger partial charge in [0.2, 0.25) is 0 Å². The summed E-state index contributed by atoms with van der Waals surface area (Å²) in [5.74, 6) is -0.978. The van der Waals surface area contributed by atoms with Crippen LogP contribution in [0.3, 0.4) is 0 Å². The molecule has 0 N–H and O–H groups in total. The first-order chi connectivity index (χ1) is 10.1. The molecule has 0 bridgehead atoms. The normalized spacial score (nSPS) is 11.3. The van der Waals surface area contributed by atoms with E-state index in [2.05, 4.69) is 0 Å². The van der Waals surface area contributed by atoms with Gasteiger partial charge in [-0.25, -0.2) is 13.2 Å². The van der Waals surface area contributed by atoms with Crippen LogP contribution in [0.15, 0.2) is 24.3 Å². The number of nitrogens with zero attached hydrogens (tertiary/aromatic N) is 1. The lowest BCUT2D eigenvalue weighted by Crippen LogP contribution is -2.36. The zero-order chi connectivity index (χ0) is 16.9. The molecule has 0 heterocycles. The fourth-order valence-corrected chi connectivity index (χ4v) is 2.44. The molecule has 0 spiro atoms. The molecule has 1 aromatic rings. The van der Waals surface area contributed by atoms with Crippen molar-refractivity contribution in [3.8, 4) is 0 Å². The van der Waals surface area contributed by atoms with Crippen LogP contribution in [0.5, 0.6) is 0 Å². The number of esters is 1. The van der Waals surface area contributed by atoms with E-state index in [0.717, 1.165) is 6.26 Å². The number of benzene rings is 1. The van der Waals surface area contributed by atoms with E-state index in [0.29, 0.717) is 5.56 Å². The number of sulfone groups is 1. The standard InChI is InChI=1S/C15H21NO5S/c1-11(2)16(3)14(17)9-21-15(18)13-7-5-12(6-8-13)10-22(4,19)20/h5-8,11H,9-10H2,1-4H3. The summed E-state index contributed by atoms with van der Waals surface area (Å²) in [6.45, 7) is 3.40. The molecule has 0 saturated carbocycles. The minimum atomic E-state index is -3.12. The van der Waals surface area contributed by atoms with Crippen molar-refractivity contribution in [1.29, 1.82) is 0 Å². The molecule has 122 valence electrons. The number of amides is 1. The lowest BCUT2D eigenvalue weighted by molar-refractivity contribution is -0.134. The Balaban J connectivity index is 2.62. The van der Waals surface area contributed by atoms with Gasteiger partial charge < -0.3 is 9.64 Å². The summed E-state index contributed by atoms with van der Waals surface area (Å²) in [5, 5.41) is 0. The van der Waals surface area contributed by atoms with Crippen LogP contribution in [-0.4, -0.2) is 51.1 Å². The minimum Gasteiger partial charge on any atom is -0.452 e. The van der Waals surface area contributed by atoms with E-state index in [1.165, 1.54) is 17.0 Å². The Bertz CT molecular complexity index is 634. The van der Waals surface area contributed by atoms with E-state index in [-0.39, 0.29) is 29.9 Å². The molecule has 7 heteroatoms. The molecule has 0 aliphatic rings. The number of carbonyl (C=O) groups excluding carboxylic acids is 2. The molecular weight excluding hydrogens is 306 g/mol. The van der Waals surface area contributed by atoms with Crippen LogP contribution in [0.4, 0.5) is 0 Å². The molecule has 0 atom stereocenters. The fraction of sp³-hybridized carbons (Fsp3) is 0.467. The maximum Gasteiger partial charge on any atom is 0.338 e. The van der Waals surface area contributed by atoms with Crippen LogP contribution in [0.2, 0.25) is 0 Å². The van der Waals surface area contributed by atoms with Gasteiger partial charge in [-0.2, -0.15) is 0 Å². The maximum absolute atomic E-state index is 11.8. The highest BCUT2D eigenvalue weighted by molar-refractivity contribution is 7.89. The second-order valence-corrected chi connectivity index (χ2v) is 7.58. The summed E-state index contributed by atoms with van der Waals surface area (Å²) in [6, 6.07) is 6.11. The SMILES string of the molecule is CC(C)N(C)C(=O)COC(=O)c1ccc(CS(C)(=O)=O)cc1. The number of carbonyl (C=O) groups is 2. The van der Waals surface area contributed by atoms with Crippen LogP contribution in [0.25, 0.3) is 0 Å². The molecule has 0 unspecified atom stereocenters. The van der Waals surface area contributed by atoms with E-state index >= 15 is 0 Å². The highest BCUT2D eigenvalue weighted by atomic mass is 32.2. The quantitative estimate of drug-likeness (QED) is 0.735. The molecule has 1 rings (SSSR count). The maximum atomic E-state index is 11.8. The Kier molecular flexibility index (Phi) is 6.11. The molecule has 0 aromatic heterocycles. The summed E-state index contributed by atoms with van der Waals surface area (Å²) < 4.78 is 27.3. The molecule has 22 heavy (non-hydrogen) atoms. The van der Waals surface area contributed by atoms with Crippen LogP contribution in [0.1, 0.15) is 29.8 Å². The van der Waals surface area contributed by atoms with Crippen molar-refractivity contribution in [1.82, 2.24) is 4.90 Å². The predicted molar refractivity (Wildman–Crippen MR) is 83.2 cm³/mol. The monoisotopic (exact) mass is 327 g/mol. The van der Waals surface area contributed by atoms with Gasteiger partial charge in [0.15, 0.2) is 16.4 Å². The lowest BCUT2D eigenvalue weighted by Gasteiger charge is -2.21. The number of ether oxygens (including phenoxy) is 1. The smallest absolute Gasteiger partial charge is 0.338 e. The first-order valence-corrected chi connectivity index (χ1v) is 8.85. The zero-order valence-electron chi connectivity index (χ0n) is 13.2. The van der Waals surface area contributed by atoms with Crippen LogP contribution >= 0.6 is 0 Å². The van der Waals surface area contributed by atoms with Gasteiger partial charge in [0.1, 0.15) is 0 Å². The number of hydrogen-bond donors (Lipinski definition) is 0. The first kappa shape index (κ1) is 18.2. The van der Waals surface area contributed by atoms with Gasteiger partial charge >= 0.3 is 5.97 Å². The summed E-state index contributed by atoms with van der Waals surface area (Å²) in [5.41, 5.74) is 0.868.